The van der Waals surface area contributed by atoms with Crippen molar-refractivity contribution < 1.29 is 9.59 Å². The highest BCUT2D eigenvalue weighted by Crippen LogP contribution is 2.36. The molecule has 0 radical (unpaired) electrons. The van der Waals surface area contributed by atoms with Crippen LogP contribution in [0.15, 0.2) is 34.2 Å². The number of aliphatic imine (C=N–C) groups is 1. The molecule has 20 heavy (non-hydrogen) atoms. The number of hydrogen-bond acceptors (Lipinski definition) is 5. The number of carbonyl (C=O) groups excluding carboxylic acids is 2. The van der Waals surface area contributed by atoms with Gasteiger partial charge in [-0.05, 0) is 12.1 Å². The summed E-state index contributed by atoms with van der Waals surface area (Å²) in [6.45, 7) is 0.742. The Kier molecular flexibility index (Phi) is 3.98. The summed E-state index contributed by atoms with van der Waals surface area (Å²) in [7, 11) is 0. The lowest BCUT2D eigenvalue weighted by atomic mass is 10.2. The largest absolute Gasteiger partial charge is 0.324 e. The number of para-hydroxylation sites is 1. The van der Waals surface area contributed by atoms with Crippen LogP contribution < -0.4 is 10.6 Å². The number of anilines is 1. The molecule has 2 N–H and O–H groups in total. The van der Waals surface area contributed by atoms with Gasteiger partial charge in [0.1, 0.15) is 0 Å². The minimum atomic E-state index is -0.392. The number of carbonyl (C=O) groups is 2. The molecule has 0 fully saturated rings. The van der Waals surface area contributed by atoms with E-state index < -0.39 is 5.25 Å². The smallest absolute Gasteiger partial charge is 0.238 e. The molecule has 0 aliphatic carbocycles. The van der Waals surface area contributed by atoms with Gasteiger partial charge < -0.3 is 10.6 Å². The first-order valence-electron chi connectivity index (χ1n) is 6.26. The van der Waals surface area contributed by atoms with Crippen LogP contribution in [0.2, 0.25) is 0 Å². The van der Waals surface area contributed by atoms with Crippen LogP contribution in [0.3, 0.4) is 0 Å². The van der Waals surface area contributed by atoms with Crippen LogP contribution in [0.25, 0.3) is 0 Å². The van der Waals surface area contributed by atoms with Gasteiger partial charge in [-0.1, -0.05) is 23.9 Å². The zero-order valence-corrected chi connectivity index (χ0v) is 12.2. The minimum absolute atomic E-state index is 0.120. The van der Waals surface area contributed by atoms with Crippen LogP contribution in [0, 0.1) is 0 Å². The summed E-state index contributed by atoms with van der Waals surface area (Å²) >= 11 is 2.96. The summed E-state index contributed by atoms with van der Waals surface area (Å²) < 4.78 is 0. The maximum atomic E-state index is 12.0. The van der Waals surface area contributed by atoms with Crippen molar-refractivity contribution in [1.82, 2.24) is 5.32 Å². The van der Waals surface area contributed by atoms with E-state index in [2.05, 4.69) is 15.6 Å². The fourth-order valence-corrected chi connectivity index (χ4v) is 3.83. The monoisotopic (exact) mass is 307 g/mol. The van der Waals surface area contributed by atoms with Crippen LogP contribution in [0.1, 0.15) is 6.42 Å². The number of nitrogens with one attached hydrogen (secondary N) is 2. The molecule has 2 aliphatic heterocycles. The summed E-state index contributed by atoms with van der Waals surface area (Å²) in [4.78, 5) is 29.1. The van der Waals surface area contributed by atoms with E-state index in [1.807, 2.05) is 24.3 Å². The van der Waals surface area contributed by atoms with Crippen molar-refractivity contribution in [2.45, 2.75) is 16.6 Å². The van der Waals surface area contributed by atoms with E-state index in [1.54, 1.807) is 0 Å². The number of amidine groups is 1. The van der Waals surface area contributed by atoms with E-state index in [0.717, 1.165) is 22.9 Å². The lowest BCUT2D eigenvalue weighted by molar-refractivity contribution is -0.123. The second kappa shape index (κ2) is 5.88. The summed E-state index contributed by atoms with van der Waals surface area (Å²) in [6.07, 6.45) is 0.157. The van der Waals surface area contributed by atoms with Gasteiger partial charge >= 0.3 is 0 Å². The average molecular weight is 307 g/mol. The Morgan fingerprint density at radius 3 is 3.10 bits per heavy atom. The van der Waals surface area contributed by atoms with Gasteiger partial charge in [-0.25, -0.2) is 0 Å². The molecule has 2 heterocycles. The molecular formula is C13H13N3O2S2. The molecule has 3 rings (SSSR count). The van der Waals surface area contributed by atoms with Crippen LogP contribution in [-0.4, -0.2) is 34.5 Å². The summed E-state index contributed by atoms with van der Waals surface area (Å²) in [5, 5.41) is 5.86. The third-order valence-electron chi connectivity index (χ3n) is 2.91. The van der Waals surface area contributed by atoms with Gasteiger partial charge in [0.05, 0.1) is 17.5 Å². The van der Waals surface area contributed by atoms with Crippen molar-refractivity contribution in [3.05, 3.63) is 24.3 Å². The van der Waals surface area contributed by atoms with Gasteiger partial charge in [0.2, 0.25) is 11.8 Å². The Morgan fingerprint density at radius 2 is 2.30 bits per heavy atom. The van der Waals surface area contributed by atoms with Crippen molar-refractivity contribution >= 4 is 46.2 Å². The van der Waals surface area contributed by atoms with Gasteiger partial charge in [0.25, 0.3) is 0 Å². The molecule has 5 nitrogen and oxygen atoms in total. The van der Waals surface area contributed by atoms with E-state index in [0.29, 0.717) is 5.17 Å². The van der Waals surface area contributed by atoms with Crippen molar-refractivity contribution in [3.63, 3.8) is 0 Å². The quantitative estimate of drug-likeness (QED) is 0.872. The fraction of sp³-hybridized carbons (Fsp3) is 0.308. The van der Waals surface area contributed by atoms with Crippen molar-refractivity contribution in [2.75, 3.05) is 17.6 Å². The molecular weight excluding hydrogens is 294 g/mol. The fourth-order valence-electron chi connectivity index (χ4n) is 1.98. The molecule has 1 aromatic rings. The molecule has 0 saturated carbocycles. The molecule has 0 aromatic heterocycles. The minimum Gasteiger partial charge on any atom is -0.324 e. The zero-order valence-electron chi connectivity index (χ0n) is 10.6. The zero-order chi connectivity index (χ0) is 13.9. The second-order valence-corrected chi connectivity index (χ2v) is 6.71. The first kappa shape index (κ1) is 13.5. The third-order valence-corrected chi connectivity index (χ3v) is 5.08. The molecule has 104 valence electrons. The van der Waals surface area contributed by atoms with Gasteiger partial charge in [0.15, 0.2) is 5.17 Å². The molecule has 7 heteroatoms. The standard InChI is InChI=1S/C13H13N3O2S2/c17-11(16-13-14-5-6-19-13)7-10-12(18)15-8-3-1-2-4-9(8)20-10/h1-4,10H,5-7H2,(H,15,18)(H,14,16,17)/t10-/m1/s1. The Balaban J connectivity index is 1.63. The number of thioether (sulfide) groups is 2. The van der Waals surface area contributed by atoms with Gasteiger partial charge in [0, 0.05) is 17.1 Å². The number of nitrogens with zero attached hydrogens (tertiary/aromatic N) is 1. The van der Waals surface area contributed by atoms with Gasteiger partial charge in [-0.15, -0.1) is 11.8 Å². The Labute approximate surface area is 125 Å². The lowest BCUT2D eigenvalue weighted by Gasteiger charge is -2.23. The van der Waals surface area contributed by atoms with E-state index in [-0.39, 0.29) is 18.2 Å². The number of benzene rings is 1. The SMILES string of the molecule is O=C(C[C@H]1Sc2ccccc2NC1=O)NC1=NCCS1. The highest BCUT2D eigenvalue weighted by atomic mass is 32.2. The van der Waals surface area contributed by atoms with Gasteiger partial charge in [-0.2, -0.15) is 0 Å². The Hall–Kier alpha value is -1.47. The molecule has 1 atom stereocenters. The predicted octanol–water partition coefficient (Wildman–Crippen LogP) is 1.71. The van der Waals surface area contributed by atoms with E-state index in [9.17, 15) is 9.59 Å². The summed E-state index contributed by atoms with van der Waals surface area (Å²) in [6, 6.07) is 7.61. The third kappa shape index (κ3) is 2.99. The Morgan fingerprint density at radius 1 is 1.45 bits per heavy atom. The van der Waals surface area contributed by atoms with Crippen molar-refractivity contribution in [3.8, 4) is 0 Å². The van der Waals surface area contributed by atoms with E-state index in [4.69, 9.17) is 0 Å². The molecule has 2 amide bonds. The molecule has 0 spiro atoms. The maximum absolute atomic E-state index is 12.0. The number of amides is 2. The topological polar surface area (TPSA) is 70.6 Å². The predicted molar refractivity (Wildman–Crippen MR) is 82.2 cm³/mol. The van der Waals surface area contributed by atoms with E-state index >= 15 is 0 Å². The molecule has 0 saturated heterocycles. The second-order valence-electron chi connectivity index (χ2n) is 4.38. The number of fused-ring (bicyclic) bond motifs is 1. The molecule has 0 bridgehead atoms. The van der Waals surface area contributed by atoms with Crippen LogP contribution >= 0.6 is 23.5 Å². The highest BCUT2D eigenvalue weighted by molar-refractivity contribution is 8.14. The van der Waals surface area contributed by atoms with Crippen molar-refractivity contribution in [2.24, 2.45) is 4.99 Å². The summed E-state index contributed by atoms with van der Waals surface area (Å²) in [5.74, 6) is 0.622. The van der Waals surface area contributed by atoms with E-state index in [1.165, 1.54) is 23.5 Å². The van der Waals surface area contributed by atoms with Crippen molar-refractivity contribution in [1.29, 1.82) is 0 Å². The molecule has 2 aliphatic rings. The van der Waals surface area contributed by atoms with Crippen LogP contribution in [0.5, 0.6) is 0 Å². The first-order chi connectivity index (χ1) is 9.72. The highest BCUT2D eigenvalue weighted by Gasteiger charge is 2.29. The van der Waals surface area contributed by atoms with Crippen LogP contribution in [0.4, 0.5) is 5.69 Å². The van der Waals surface area contributed by atoms with Crippen LogP contribution in [-0.2, 0) is 9.59 Å². The first-order valence-corrected chi connectivity index (χ1v) is 8.12. The Bertz CT molecular complexity index is 589. The molecule has 0 unspecified atom stereocenters. The maximum Gasteiger partial charge on any atom is 0.238 e. The van der Waals surface area contributed by atoms with Gasteiger partial charge in [-0.3, -0.25) is 14.6 Å². The lowest BCUT2D eigenvalue weighted by Crippen LogP contribution is -2.36. The normalized spacial score (nSPS) is 20.9. The number of rotatable bonds is 2. The number of hydrogen-bond donors (Lipinski definition) is 2. The summed E-state index contributed by atoms with van der Waals surface area (Å²) in [5.41, 5.74) is 0.815. The molecule has 1 aromatic carbocycles. The average Bonchev–Trinajstić information content (AvgIpc) is 2.92.